The Morgan fingerprint density at radius 2 is 2.04 bits per heavy atom. The van der Waals surface area contributed by atoms with Gasteiger partial charge in [-0.2, -0.15) is 0 Å². The zero-order valence-electron chi connectivity index (χ0n) is 13.8. The maximum Gasteiger partial charge on any atom is 0.242 e. The number of hydrogen-bond donors (Lipinski definition) is 1. The molecule has 1 N–H and O–H groups in total. The van der Waals surface area contributed by atoms with Gasteiger partial charge in [-0.05, 0) is 36.1 Å². The summed E-state index contributed by atoms with van der Waals surface area (Å²) in [5.74, 6) is 0.221. The van der Waals surface area contributed by atoms with Gasteiger partial charge < -0.3 is 10.1 Å². The van der Waals surface area contributed by atoms with Gasteiger partial charge in [-0.15, -0.1) is 11.3 Å². The van der Waals surface area contributed by atoms with Crippen LogP contribution in [0.25, 0.3) is 0 Å². The second kappa shape index (κ2) is 7.78. The second-order valence-electron chi connectivity index (χ2n) is 5.28. The molecule has 2 rings (SSSR count). The van der Waals surface area contributed by atoms with Gasteiger partial charge in [0.15, 0.2) is 0 Å². The van der Waals surface area contributed by atoms with E-state index in [2.05, 4.69) is 5.32 Å². The average Bonchev–Trinajstić information content (AvgIpc) is 3.06. The van der Waals surface area contributed by atoms with Crippen molar-refractivity contribution in [2.24, 2.45) is 0 Å². The lowest BCUT2D eigenvalue weighted by Crippen LogP contribution is -2.22. The maximum absolute atomic E-state index is 12.2. The molecule has 0 fully saturated rings. The first-order valence-corrected chi connectivity index (χ1v) is 9.59. The summed E-state index contributed by atoms with van der Waals surface area (Å²) in [6.45, 7) is 0. The van der Waals surface area contributed by atoms with Gasteiger partial charge in [-0.1, -0.05) is 6.07 Å². The Kier molecular flexibility index (Phi) is 5.98. The van der Waals surface area contributed by atoms with Gasteiger partial charge in [0.05, 0.1) is 17.7 Å². The third-order valence-electron chi connectivity index (χ3n) is 3.40. The van der Waals surface area contributed by atoms with E-state index in [0.29, 0.717) is 24.3 Å². The predicted octanol–water partition coefficient (Wildman–Crippen LogP) is 2.58. The fraction of sp³-hybridized carbons (Fsp3) is 0.312. The van der Waals surface area contributed by atoms with Crippen LogP contribution in [-0.2, 0) is 21.2 Å². The first kappa shape index (κ1) is 18.4. The van der Waals surface area contributed by atoms with E-state index in [9.17, 15) is 13.2 Å². The third kappa shape index (κ3) is 4.34. The molecule has 0 spiro atoms. The van der Waals surface area contributed by atoms with Gasteiger partial charge >= 0.3 is 0 Å². The van der Waals surface area contributed by atoms with Crippen molar-refractivity contribution in [3.8, 4) is 5.75 Å². The Morgan fingerprint density at radius 1 is 1.29 bits per heavy atom. The summed E-state index contributed by atoms with van der Waals surface area (Å²) in [5, 5.41) is 4.70. The van der Waals surface area contributed by atoms with Gasteiger partial charge in [0.25, 0.3) is 0 Å². The average molecular weight is 368 g/mol. The molecule has 0 aliphatic heterocycles. The lowest BCUT2D eigenvalue weighted by atomic mass is 10.2. The normalized spacial score (nSPS) is 11.5. The second-order valence-corrected chi connectivity index (χ2v) is 8.46. The zero-order valence-corrected chi connectivity index (χ0v) is 15.4. The maximum atomic E-state index is 12.2. The molecule has 0 radical (unpaired) electrons. The molecule has 1 aromatic carbocycles. The van der Waals surface area contributed by atoms with Crippen LogP contribution in [0.15, 0.2) is 40.6 Å². The minimum atomic E-state index is -3.58. The lowest BCUT2D eigenvalue weighted by Gasteiger charge is -2.15. The van der Waals surface area contributed by atoms with Crippen molar-refractivity contribution in [1.29, 1.82) is 0 Å². The molecule has 6 nitrogen and oxygen atoms in total. The number of rotatable bonds is 7. The van der Waals surface area contributed by atoms with Crippen LogP contribution in [0.1, 0.15) is 11.3 Å². The number of sulfonamides is 1. The summed E-state index contributed by atoms with van der Waals surface area (Å²) >= 11 is 1.60. The van der Waals surface area contributed by atoms with Crippen molar-refractivity contribution in [3.63, 3.8) is 0 Å². The molecule has 0 atom stereocenters. The Morgan fingerprint density at radius 3 is 2.62 bits per heavy atom. The molecule has 1 amide bonds. The van der Waals surface area contributed by atoms with E-state index in [1.165, 1.54) is 39.4 Å². The van der Waals surface area contributed by atoms with E-state index in [-0.39, 0.29) is 10.8 Å². The standard InChI is InChI=1S/C16H20N2O4S2/c1-18(2)24(20,21)13-7-8-15(22-3)14(11-13)17-16(19)9-6-12-5-4-10-23-12/h4-5,7-8,10-11H,6,9H2,1-3H3,(H,17,19). The van der Waals surface area contributed by atoms with Crippen LogP contribution < -0.4 is 10.1 Å². The van der Waals surface area contributed by atoms with Crippen LogP contribution in [0, 0.1) is 0 Å². The highest BCUT2D eigenvalue weighted by atomic mass is 32.2. The molecule has 8 heteroatoms. The van der Waals surface area contributed by atoms with Crippen LogP contribution in [0.5, 0.6) is 5.75 Å². The Labute approximate surface area is 146 Å². The van der Waals surface area contributed by atoms with E-state index < -0.39 is 10.0 Å². The fourth-order valence-electron chi connectivity index (χ4n) is 2.06. The number of ether oxygens (including phenoxy) is 1. The summed E-state index contributed by atoms with van der Waals surface area (Å²) < 4.78 is 30.8. The minimum Gasteiger partial charge on any atom is -0.495 e. The molecule has 0 aliphatic rings. The summed E-state index contributed by atoms with van der Waals surface area (Å²) in [5.41, 5.74) is 0.344. The van der Waals surface area contributed by atoms with Crippen molar-refractivity contribution >= 4 is 33.0 Å². The number of carbonyl (C=O) groups is 1. The quantitative estimate of drug-likeness (QED) is 0.815. The third-order valence-corrected chi connectivity index (χ3v) is 6.15. The number of amides is 1. The van der Waals surface area contributed by atoms with Gasteiger partial charge in [0, 0.05) is 25.4 Å². The van der Waals surface area contributed by atoms with Crippen LogP contribution >= 0.6 is 11.3 Å². The van der Waals surface area contributed by atoms with Gasteiger partial charge in [0.1, 0.15) is 5.75 Å². The number of methoxy groups -OCH3 is 1. The molecule has 0 aliphatic carbocycles. The summed E-state index contributed by atoms with van der Waals surface area (Å²) in [6.07, 6.45) is 0.954. The predicted molar refractivity (Wildman–Crippen MR) is 95.1 cm³/mol. The molecule has 0 bridgehead atoms. The highest BCUT2D eigenvalue weighted by Crippen LogP contribution is 2.28. The summed E-state index contributed by atoms with van der Waals surface area (Å²) in [6, 6.07) is 8.32. The molecule has 1 aromatic heterocycles. The van der Waals surface area contributed by atoms with E-state index >= 15 is 0 Å². The van der Waals surface area contributed by atoms with Crippen molar-refractivity contribution < 1.29 is 17.9 Å². The monoisotopic (exact) mass is 368 g/mol. The molecular formula is C16H20N2O4S2. The van der Waals surface area contributed by atoms with Gasteiger partial charge in [-0.25, -0.2) is 12.7 Å². The molecule has 130 valence electrons. The molecule has 0 saturated carbocycles. The Balaban J connectivity index is 2.17. The number of hydrogen-bond acceptors (Lipinski definition) is 5. The van der Waals surface area contributed by atoms with Crippen LogP contribution in [0.2, 0.25) is 0 Å². The number of thiophene rings is 1. The van der Waals surface area contributed by atoms with Gasteiger partial charge in [-0.3, -0.25) is 4.79 Å². The molecule has 1 heterocycles. The van der Waals surface area contributed by atoms with Crippen molar-refractivity contribution in [3.05, 3.63) is 40.6 Å². The van der Waals surface area contributed by atoms with Crippen molar-refractivity contribution in [1.82, 2.24) is 4.31 Å². The number of anilines is 1. The highest BCUT2D eigenvalue weighted by molar-refractivity contribution is 7.89. The highest BCUT2D eigenvalue weighted by Gasteiger charge is 2.19. The summed E-state index contributed by atoms with van der Waals surface area (Å²) in [4.78, 5) is 13.4. The van der Waals surface area contributed by atoms with Crippen molar-refractivity contribution in [2.45, 2.75) is 17.7 Å². The number of nitrogens with zero attached hydrogens (tertiary/aromatic N) is 1. The number of carbonyl (C=O) groups excluding carboxylic acids is 1. The molecule has 2 aromatic rings. The first-order valence-electron chi connectivity index (χ1n) is 7.27. The lowest BCUT2D eigenvalue weighted by molar-refractivity contribution is -0.116. The van der Waals surface area contributed by atoms with E-state index in [0.717, 1.165) is 9.18 Å². The topological polar surface area (TPSA) is 75.7 Å². The SMILES string of the molecule is COc1ccc(S(=O)(=O)N(C)C)cc1NC(=O)CCc1cccs1. The molecular weight excluding hydrogens is 348 g/mol. The molecule has 0 saturated heterocycles. The van der Waals surface area contributed by atoms with Crippen molar-refractivity contribution in [2.75, 3.05) is 26.5 Å². The van der Waals surface area contributed by atoms with Crippen LogP contribution in [0.3, 0.4) is 0 Å². The number of aryl methyl sites for hydroxylation is 1. The smallest absolute Gasteiger partial charge is 0.242 e. The molecule has 24 heavy (non-hydrogen) atoms. The minimum absolute atomic E-state index is 0.0989. The zero-order chi connectivity index (χ0) is 17.7. The Bertz CT molecular complexity index is 799. The summed E-state index contributed by atoms with van der Waals surface area (Å²) in [7, 11) is 0.804. The fourth-order valence-corrected chi connectivity index (χ4v) is 3.70. The van der Waals surface area contributed by atoms with E-state index in [1.54, 1.807) is 11.3 Å². The van der Waals surface area contributed by atoms with E-state index in [4.69, 9.17) is 4.74 Å². The van der Waals surface area contributed by atoms with Crippen LogP contribution in [0.4, 0.5) is 5.69 Å². The number of nitrogens with one attached hydrogen (secondary N) is 1. The van der Waals surface area contributed by atoms with Crippen LogP contribution in [-0.4, -0.2) is 39.8 Å². The largest absolute Gasteiger partial charge is 0.495 e. The molecule has 0 unspecified atom stereocenters. The first-order chi connectivity index (χ1) is 11.3. The Hall–Kier alpha value is -1.90. The van der Waals surface area contributed by atoms with E-state index in [1.807, 2.05) is 17.5 Å². The number of benzene rings is 1. The van der Waals surface area contributed by atoms with Gasteiger partial charge in [0.2, 0.25) is 15.9 Å².